The highest BCUT2D eigenvalue weighted by molar-refractivity contribution is 7.90. The van der Waals surface area contributed by atoms with Crippen molar-refractivity contribution in [3.05, 3.63) is 54.1 Å². The number of benzene rings is 2. The number of carbonyl (C=O) groups excluding carboxylic acids is 1. The molecule has 0 saturated carbocycles. The van der Waals surface area contributed by atoms with Gasteiger partial charge in [-0.3, -0.25) is 9.89 Å². The Balaban J connectivity index is 1.50. The van der Waals surface area contributed by atoms with Crippen molar-refractivity contribution in [2.24, 2.45) is 5.73 Å². The van der Waals surface area contributed by atoms with Crippen LogP contribution in [0.15, 0.2) is 53.6 Å². The molecule has 4 aromatic rings. The molecule has 186 valence electrons. The summed E-state index contributed by atoms with van der Waals surface area (Å²) in [5.74, 6) is -0.170. The third-order valence-electron chi connectivity index (χ3n) is 5.65. The topological polar surface area (TPSA) is 168 Å². The molecule has 3 heterocycles. The number of nitrogens with two attached hydrogens (primary N) is 1. The van der Waals surface area contributed by atoms with Crippen LogP contribution in [0.2, 0.25) is 0 Å². The number of amides is 1. The molecule has 2 aromatic carbocycles. The van der Waals surface area contributed by atoms with E-state index in [4.69, 9.17) is 10.5 Å². The van der Waals surface area contributed by atoms with E-state index < -0.39 is 15.7 Å². The standard InChI is InChI=1S/C23H24N8O4S/c1-36(33,34)22-18-20(25-16-4-2-3-14(13-16)19(24)32)27-23(28-21(18)29-30-22)26-15-5-7-17(8-6-15)31-9-11-35-12-10-31/h2-8,13H,9-12H2,1H3,(H2,24,32)(H3,25,26,27,28,29,30). The Kier molecular flexibility index (Phi) is 6.16. The number of rotatable bonds is 7. The Bertz CT molecular complexity index is 1530. The number of hydrogen-bond donors (Lipinski definition) is 4. The molecule has 1 saturated heterocycles. The maximum Gasteiger partial charge on any atom is 0.248 e. The SMILES string of the molecule is CS(=O)(=O)c1n[nH]c2nc(Nc3ccc(N4CCOCC4)cc3)nc(Nc3cccc(C(N)=O)c3)c12. The highest BCUT2D eigenvalue weighted by atomic mass is 32.2. The molecule has 36 heavy (non-hydrogen) atoms. The minimum atomic E-state index is -3.68. The number of carbonyl (C=O) groups is 1. The van der Waals surface area contributed by atoms with Gasteiger partial charge in [-0.15, -0.1) is 0 Å². The zero-order chi connectivity index (χ0) is 25.3. The molecule has 13 heteroatoms. The van der Waals surface area contributed by atoms with Gasteiger partial charge < -0.3 is 26.0 Å². The van der Waals surface area contributed by atoms with E-state index in [1.54, 1.807) is 24.3 Å². The number of H-pyrrole nitrogens is 1. The van der Waals surface area contributed by atoms with Gasteiger partial charge in [0.25, 0.3) is 0 Å². The maximum absolute atomic E-state index is 12.3. The Hall–Kier alpha value is -4.23. The molecule has 1 aliphatic rings. The van der Waals surface area contributed by atoms with E-state index in [1.807, 2.05) is 24.3 Å². The van der Waals surface area contributed by atoms with Crippen LogP contribution >= 0.6 is 0 Å². The van der Waals surface area contributed by atoms with Crippen molar-refractivity contribution in [3.8, 4) is 0 Å². The summed E-state index contributed by atoms with van der Waals surface area (Å²) in [7, 11) is -3.68. The number of aromatic nitrogens is 4. The zero-order valence-corrected chi connectivity index (χ0v) is 20.2. The third-order valence-corrected chi connectivity index (χ3v) is 6.64. The first kappa shape index (κ1) is 23.5. The second kappa shape index (κ2) is 9.43. The first-order valence-electron chi connectivity index (χ1n) is 11.1. The van der Waals surface area contributed by atoms with Crippen LogP contribution in [0, 0.1) is 0 Å². The Morgan fingerprint density at radius 1 is 1.06 bits per heavy atom. The van der Waals surface area contributed by atoms with Gasteiger partial charge in [0.2, 0.25) is 11.9 Å². The Labute approximate surface area is 206 Å². The van der Waals surface area contributed by atoms with Crippen LogP contribution in [-0.2, 0) is 14.6 Å². The largest absolute Gasteiger partial charge is 0.378 e. The zero-order valence-electron chi connectivity index (χ0n) is 19.4. The number of aromatic amines is 1. The lowest BCUT2D eigenvalue weighted by atomic mass is 10.2. The van der Waals surface area contributed by atoms with Crippen molar-refractivity contribution in [3.63, 3.8) is 0 Å². The van der Waals surface area contributed by atoms with Crippen LogP contribution in [0.1, 0.15) is 10.4 Å². The number of sulfone groups is 1. The van der Waals surface area contributed by atoms with Crippen molar-refractivity contribution >= 4 is 55.6 Å². The average molecular weight is 509 g/mol. The van der Waals surface area contributed by atoms with Crippen LogP contribution in [0.4, 0.5) is 28.8 Å². The molecular weight excluding hydrogens is 484 g/mol. The number of primary amides is 1. The van der Waals surface area contributed by atoms with Gasteiger partial charge in [-0.1, -0.05) is 6.07 Å². The fourth-order valence-corrected chi connectivity index (χ4v) is 4.69. The van der Waals surface area contributed by atoms with E-state index in [0.717, 1.165) is 30.7 Å². The summed E-state index contributed by atoms with van der Waals surface area (Å²) < 4.78 is 30.1. The second-order valence-electron chi connectivity index (χ2n) is 8.26. The third kappa shape index (κ3) is 4.92. The van der Waals surface area contributed by atoms with Gasteiger partial charge in [0.15, 0.2) is 20.5 Å². The van der Waals surface area contributed by atoms with Gasteiger partial charge in [-0.25, -0.2) is 8.42 Å². The molecule has 0 aliphatic carbocycles. The fourth-order valence-electron chi connectivity index (χ4n) is 3.91. The van der Waals surface area contributed by atoms with Gasteiger partial charge in [-0.2, -0.15) is 15.1 Å². The van der Waals surface area contributed by atoms with E-state index in [-0.39, 0.29) is 27.8 Å². The summed E-state index contributed by atoms with van der Waals surface area (Å²) in [6, 6.07) is 14.3. The molecule has 12 nitrogen and oxygen atoms in total. The van der Waals surface area contributed by atoms with E-state index in [1.165, 1.54) is 0 Å². The van der Waals surface area contributed by atoms with Crippen molar-refractivity contribution in [2.75, 3.05) is 48.1 Å². The van der Waals surface area contributed by atoms with Crippen LogP contribution < -0.4 is 21.3 Å². The smallest absolute Gasteiger partial charge is 0.248 e. The number of fused-ring (bicyclic) bond motifs is 1. The Morgan fingerprint density at radius 3 is 2.50 bits per heavy atom. The number of anilines is 5. The lowest BCUT2D eigenvalue weighted by molar-refractivity contribution is 0.1000. The van der Waals surface area contributed by atoms with Gasteiger partial charge in [0.05, 0.1) is 13.2 Å². The summed E-state index contributed by atoms with van der Waals surface area (Å²) in [4.78, 5) is 22.8. The van der Waals surface area contributed by atoms with Crippen LogP contribution in [0.3, 0.4) is 0 Å². The van der Waals surface area contributed by atoms with E-state index in [9.17, 15) is 13.2 Å². The van der Waals surface area contributed by atoms with Crippen molar-refractivity contribution < 1.29 is 17.9 Å². The number of nitrogens with zero attached hydrogens (tertiary/aromatic N) is 4. The summed E-state index contributed by atoms with van der Waals surface area (Å²) in [5.41, 5.74) is 8.24. The molecule has 5 rings (SSSR count). The predicted molar refractivity (Wildman–Crippen MR) is 136 cm³/mol. The summed E-state index contributed by atoms with van der Waals surface area (Å²) in [5, 5.41) is 12.9. The second-order valence-corrected chi connectivity index (χ2v) is 10.2. The first-order valence-corrected chi connectivity index (χ1v) is 13.0. The summed E-state index contributed by atoms with van der Waals surface area (Å²) in [6.45, 7) is 3.07. The molecule has 1 fully saturated rings. The van der Waals surface area contributed by atoms with Crippen LogP contribution in [-0.4, -0.2) is 67.0 Å². The van der Waals surface area contributed by atoms with Crippen LogP contribution in [0.25, 0.3) is 11.0 Å². The van der Waals surface area contributed by atoms with Crippen molar-refractivity contribution in [1.29, 1.82) is 0 Å². The minimum Gasteiger partial charge on any atom is -0.378 e. The maximum atomic E-state index is 12.3. The quantitative estimate of drug-likeness (QED) is 0.290. The molecule has 0 atom stereocenters. The minimum absolute atomic E-state index is 0.188. The van der Waals surface area contributed by atoms with Crippen molar-refractivity contribution in [1.82, 2.24) is 20.2 Å². The molecular formula is C23H24N8O4S. The first-order chi connectivity index (χ1) is 17.3. The van der Waals surface area contributed by atoms with Gasteiger partial charge in [-0.05, 0) is 42.5 Å². The molecule has 0 spiro atoms. The van der Waals surface area contributed by atoms with E-state index in [0.29, 0.717) is 24.5 Å². The van der Waals surface area contributed by atoms with E-state index in [2.05, 4.69) is 35.7 Å². The highest BCUT2D eigenvalue weighted by Gasteiger charge is 2.22. The van der Waals surface area contributed by atoms with E-state index >= 15 is 0 Å². The molecule has 1 amide bonds. The molecule has 0 radical (unpaired) electrons. The molecule has 0 bridgehead atoms. The monoisotopic (exact) mass is 508 g/mol. The normalized spacial score (nSPS) is 14.1. The molecule has 5 N–H and O–H groups in total. The number of hydrogen-bond acceptors (Lipinski definition) is 10. The van der Waals surface area contributed by atoms with Crippen molar-refractivity contribution in [2.45, 2.75) is 5.03 Å². The molecule has 1 aliphatic heterocycles. The van der Waals surface area contributed by atoms with Gasteiger partial charge in [0.1, 0.15) is 11.2 Å². The molecule has 2 aromatic heterocycles. The molecule has 0 unspecified atom stereocenters. The average Bonchev–Trinajstić information content (AvgIpc) is 3.30. The highest BCUT2D eigenvalue weighted by Crippen LogP contribution is 2.30. The van der Waals surface area contributed by atoms with Crippen LogP contribution in [0.5, 0.6) is 0 Å². The number of morpholine rings is 1. The number of ether oxygens (including phenoxy) is 1. The fraction of sp³-hybridized carbons (Fsp3) is 0.217. The van der Waals surface area contributed by atoms with Gasteiger partial charge in [0, 0.05) is 42.0 Å². The summed E-state index contributed by atoms with van der Waals surface area (Å²) >= 11 is 0. The predicted octanol–water partition coefficient (Wildman–Crippen LogP) is 2.18. The summed E-state index contributed by atoms with van der Waals surface area (Å²) in [6.07, 6.45) is 1.06. The lowest BCUT2D eigenvalue weighted by Gasteiger charge is -2.28. The Morgan fingerprint density at radius 2 is 1.81 bits per heavy atom. The number of nitrogens with one attached hydrogen (secondary N) is 3. The van der Waals surface area contributed by atoms with Gasteiger partial charge >= 0.3 is 0 Å². The lowest BCUT2D eigenvalue weighted by Crippen LogP contribution is -2.36.